The summed E-state index contributed by atoms with van der Waals surface area (Å²) in [7, 11) is 1.97. The molecule has 2 heterocycles. The molecule has 2 rings (SSSR count). The summed E-state index contributed by atoms with van der Waals surface area (Å²) in [6.07, 6.45) is 1.71. The van der Waals surface area contributed by atoms with Crippen LogP contribution in [0.25, 0.3) is 0 Å². The molecule has 1 aliphatic rings. The Bertz CT molecular complexity index is 288. The quantitative estimate of drug-likeness (QED) is 0.629. The lowest BCUT2D eigenvalue weighted by Crippen LogP contribution is -2.16. The molecule has 4 nitrogen and oxygen atoms in total. The Morgan fingerprint density at radius 2 is 2.38 bits per heavy atom. The second kappa shape index (κ2) is 3.12. The zero-order valence-corrected chi connectivity index (χ0v) is 7.99. The number of aromatic nitrogens is 2. The molecule has 0 bridgehead atoms. The number of hydrogen-bond acceptors (Lipinski definition) is 3. The Balaban J connectivity index is 2.24. The Kier molecular flexibility index (Phi) is 2.09. The van der Waals surface area contributed by atoms with Gasteiger partial charge in [-0.1, -0.05) is 0 Å². The third kappa shape index (κ3) is 1.47. The van der Waals surface area contributed by atoms with Gasteiger partial charge in [-0.05, 0) is 6.92 Å². The highest BCUT2D eigenvalue weighted by molar-refractivity contribution is 5.13. The summed E-state index contributed by atoms with van der Waals surface area (Å²) < 4.78 is 1.99. The van der Waals surface area contributed by atoms with Crippen LogP contribution in [0.5, 0.6) is 0 Å². The first-order chi connectivity index (χ1) is 6.18. The summed E-state index contributed by atoms with van der Waals surface area (Å²) in [6, 6.07) is 0. The molecule has 4 heteroatoms. The summed E-state index contributed by atoms with van der Waals surface area (Å²) in [5, 5.41) is 12.8. The highest BCUT2D eigenvalue weighted by atomic mass is 16.3. The number of hydrogen-bond donors (Lipinski definition) is 2. The number of imidazole rings is 1. The Morgan fingerprint density at radius 1 is 1.62 bits per heavy atom. The van der Waals surface area contributed by atoms with Crippen molar-refractivity contribution in [1.82, 2.24) is 14.9 Å². The van der Waals surface area contributed by atoms with Gasteiger partial charge in [0.25, 0.3) is 0 Å². The summed E-state index contributed by atoms with van der Waals surface area (Å²) in [6.45, 7) is 3.48. The van der Waals surface area contributed by atoms with Crippen LogP contribution in [0.3, 0.4) is 0 Å². The van der Waals surface area contributed by atoms with Crippen LogP contribution >= 0.6 is 0 Å². The van der Waals surface area contributed by atoms with E-state index < -0.39 is 0 Å². The van der Waals surface area contributed by atoms with Gasteiger partial charge in [0, 0.05) is 32.3 Å². The first-order valence-electron chi connectivity index (χ1n) is 4.57. The number of aryl methyl sites for hydroxylation is 2. The van der Waals surface area contributed by atoms with Crippen molar-refractivity contribution in [2.75, 3.05) is 13.1 Å². The maximum atomic E-state index is 9.63. The lowest BCUT2D eigenvalue weighted by atomic mass is 10.0. The first-order valence-corrected chi connectivity index (χ1v) is 4.57. The number of aliphatic hydroxyl groups is 1. The van der Waals surface area contributed by atoms with Gasteiger partial charge in [0.15, 0.2) is 0 Å². The molecule has 1 saturated heterocycles. The molecule has 2 atom stereocenters. The molecular weight excluding hydrogens is 166 g/mol. The van der Waals surface area contributed by atoms with Crippen molar-refractivity contribution in [3.05, 3.63) is 17.7 Å². The number of nitrogens with one attached hydrogen (secondary N) is 1. The second-order valence-electron chi connectivity index (χ2n) is 3.66. The SMILES string of the molecule is Cc1nc([C@@H]2CNC[C@H]2O)cn1C. The predicted molar refractivity (Wildman–Crippen MR) is 49.6 cm³/mol. The third-order valence-corrected chi connectivity index (χ3v) is 2.69. The minimum atomic E-state index is -0.283. The molecule has 0 saturated carbocycles. The van der Waals surface area contributed by atoms with E-state index in [2.05, 4.69) is 10.3 Å². The molecule has 0 amide bonds. The molecule has 2 N–H and O–H groups in total. The lowest BCUT2D eigenvalue weighted by Gasteiger charge is -2.08. The fourth-order valence-electron chi connectivity index (χ4n) is 1.73. The van der Waals surface area contributed by atoms with Crippen LogP contribution in [0.4, 0.5) is 0 Å². The molecule has 0 aliphatic carbocycles. The fraction of sp³-hybridized carbons (Fsp3) is 0.667. The van der Waals surface area contributed by atoms with Gasteiger partial charge in [-0.3, -0.25) is 0 Å². The maximum absolute atomic E-state index is 9.63. The van der Waals surface area contributed by atoms with Crippen LogP contribution in [0.15, 0.2) is 6.20 Å². The van der Waals surface area contributed by atoms with Gasteiger partial charge in [-0.15, -0.1) is 0 Å². The van der Waals surface area contributed by atoms with E-state index in [9.17, 15) is 5.11 Å². The second-order valence-corrected chi connectivity index (χ2v) is 3.66. The molecule has 1 aromatic rings. The molecule has 0 radical (unpaired) electrons. The zero-order chi connectivity index (χ0) is 9.42. The van der Waals surface area contributed by atoms with Crippen molar-refractivity contribution in [3.63, 3.8) is 0 Å². The van der Waals surface area contributed by atoms with E-state index in [-0.39, 0.29) is 12.0 Å². The number of aliphatic hydroxyl groups excluding tert-OH is 1. The van der Waals surface area contributed by atoms with Crippen LogP contribution < -0.4 is 5.32 Å². The van der Waals surface area contributed by atoms with E-state index in [1.807, 2.05) is 24.7 Å². The molecule has 1 aliphatic heterocycles. The summed E-state index contributed by atoms with van der Waals surface area (Å²) in [5.41, 5.74) is 0.998. The van der Waals surface area contributed by atoms with E-state index in [4.69, 9.17) is 0 Å². The van der Waals surface area contributed by atoms with Gasteiger partial charge in [-0.25, -0.2) is 4.98 Å². The van der Waals surface area contributed by atoms with E-state index >= 15 is 0 Å². The Hall–Kier alpha value is -0.870. The van der Waals surface area contributed by atoms with Gasteiger partial charge in [0.2, 0.25) is 0 Å². The number of nitrogens with zero attached hydrogens (tertiary/aromatic N) is 2. The average Bonchev–Trinajstić information content (AvgIpc) is 2.60. The van der Waals surface area contributed by atoms with Gasteiger partial charge in [-0.2, -0.15) is 0 Å². The first kappa shape index (κ1) is 8.72. The van der Waals surface area contributed by atoms with Crippen LogP contribution in [0, 0.1) is 6.92 Å². The molecule has 0 unspecified atom stereocenters. The van der Waals surface area contributed by atoms with Crippen molar-refractivity contribution in [2.45, 2.75) is 18.9 Å². The topological polar surface area (TPSA) is 50.1 Å². The van der Waals surface area contributed by atoms with Gasteiger partial charge >= 0.3 is 0 Å². The minimum Gasteiger partial charge on any atom is -0.391 e. The molecule has 1 fully saturated rings. The van der Waals surface area contributed by atoms with Gasteiger partial charge in [0.1, 0.15) is 5.82 Å². The van der Waals surface area contributed by atoms with Crippen molar-refractivity contribution in [3.8, 4) is 0 Å². The Morgan fingerprint density at radius 3 is 2.85 bits per heavy atom. The van der Waals surface area contributed by atoms with E-state index in [1.165, 1.54) is 0 Å². The summed E-state index contributed by atoms with van der Waals surface area (Å²) >= 11 is 0. The number of rotatable bonds is 1. The minimum absolute atomic E-state index is 0.167. The van der Waals surface area contributed by atoms with Crippen LogP contribution in [-0.4, -0.2) is 33.9 Å². The molecule has 72 valence electrons. The smallest absolute Gasteiger partial charge is 0.105 e. The van der Waals surface area contributed by atoms with E-state index in [0.29, 0.717) is 6.54 Å². The molecule has 0 aromatic carbocycles. The highest BCUT2D eigenvalue weighted by Gasteiger charge is 2.28. The largest absolute Gasteiger partial charge is 0.391 e. The summed E-state index contributed by atoms with van der Waals surface area (Å²) in [4.78, 5) is 4.41. The fourth-order valence-corrected chi connectivity index (χ4v) is 1.73. The van der Waals surface area contributed by atoms with Crippen molar-refractivity contribution in [2.24, 2.45) is 7.05 Å². The Labute approximate surface area is 77.6 Å². The standard InChI is InChI=1S/C9H15N3O/c1-6-11-8(5-12(6)2)7-3-10-4-9(7)13/h5,7,9-10,13H,3-4H2,1-2H3/t7-,9+/m0/s1. The molecule has 13 heavy (non-hydrogen) atoms. The maximum Gasteiger partial charge on any atom is 0.105 e. The molecular formula is C9H15N3O. The van der Waals surface area contributed by atoms with Gasteiger partial charge in [0.05, 0.1) is 11.8 Å². The average molecular weight is 181 g/mol. The van der Waals surface area contributed by atoms with Crippen LogP contribution in [0.1, 0.15) is 17.4 Å². The van der Waals surface area contributed by atoms with Crippen molar-refractivity contribution in [1.29, 1.82) is 0 Å². The monoisotopic (exact) mass is 181 g/mol. The normalized spacial score (nSPS) is 28.2. The van der Waals surface area contributed by atoms with Crippen LogP contribution in [0.2, 0.25) is 0 Å². The molecule has 0 spiro atoms. The van der Waals surface area contributed by atoms with Crippen LogP contribution in [-0.2, 0) is 7.05 Å². The predicted octanol–water partition coefficient (Wildman–Crippen LogP) is -0.224. The van der Waals surface area contributed by atoms with Crippen molar-refractivity contribution < 1.29 is 5.11 Å². The zero-order valence-electron chi connectivity index (χ0n) is 7.99. The third-order valence-electron chi connectivity index (χ3n) is 2.69. The molecule has 1 aromatic heterocycles. The van der Waals surface area contributed by atoms with E-state index in [0.717, 1.165) is 18.1 Å². The summed E-state index contributed by atoms with van der Waals surface area (Å²) in [5.74, 6) is 1.16. The highest BCUT2D eigenvalue weighted by Crippen LogP contribution is 2.21. The van der Waals surface area contributed by atoms with E-state index in [1.54, 1.807) is 0 Å². The number of β-amino-alcohol motifs (C(OH)–C–C–N with tert-alkyl or cyclic N) is 1. The van der Waals surface area contributed by atoms with Gasteiger partial charge < -0.3 is 15.0 Å². The lowest BCUT2D eigenvalue weighted by molar-refractivity contribution is 0.176. The van der Waals surface area contributed by atoms with Crippen molar-refractivity contribution >= 4 is 0 Å².